The summed E-state index contributed by atoms with van der Waals surface area (Å²) in [5.41, 5.74) is 1.52. The summed E-state index contributed by atoms with van der Waals surface area (Å²) in [4.78, 5) is 25.7. The molecular weight excluding hydrogens is 376 g/mol. The van der Waals surface area contributed by atoms with Crippen LogP contribution in [0.2, 0.25) is 5.02 Å². The predicted octanol–water partition coefficient (Wildman–Crippen LogP) is 3.08. The number of anilines is 1. The number of fused-ring (bicyclic) bond motifs is 1. The van der Waals surface area contributed by atoms with E-state index in [1.807, 2.05) is 49.9 Å². The summed E-state index contributed by atoms with van der Waals surface area (Å²) in [5.74, 6) is 1.76. The monoisotopic (exact) mass is 398 g/mol. The Labute approximate surface area is 168 Å². The fourth-order valence-electron chi connectivity index (χ4n) is 3.54. The molecule has 1 amide bonds. The molecule has 0 spiro atoms. The Morgan fingerprint density at radius 3 is 2.50 bits per heavy atom. The minimum atomic E-state index is 0.0217. The summed E-state index contributed by atoms with van der Waals surface area (Å²) in [5, 5.41) is 6.03. The summed E-state index contributed by atoms with van der Waals surface area (Å²) in [6.07, 6.45) is 1.79. The van der Waals surface area contributed by atoms with E-state index in [0.717, 1.165) is 35.6 Å². The standard InChI is InChI=1S/C20H23ClN6O/c1-13(2)20(28)26-10-8-25(9-11-26)18-15-12-22-27(19(15)24-14(3)23-18)17-7-5-4-6-16(17)21/h4-7,12-13H,8-11H2,1-3H3. The van der Waals surface area contributed by atoms with E-state index in [2.05, 4.69) is 20.0 Å². The molecule has 1 aliphatic rings. The minimum absolute atomic E-state index is 0.0217. The molecule has 8 heteroatoms. The Morgan fingerprint density at radius 1 is 1.11 bits per heavy atom. The van der Waals surface area contributed by atoms with Crippen LogP contribution in [0, 0.1) is 12.8 Å². The highest BCUT2D eigenvalue weighted by atomic mass is 35.5. The maximum absolute atomic E-state index is 12.3. The lowest BCUT2D eigenvalue weighted by molar-refractivity contribution is -0.134. The number of hydrogen-bond acceptors (Lipinski definition) is 5. The Balaban J connectivity index is 1.68. The van der Waals surface area contributed by atoms with Crippen LogP contribution in [0.15, 0.2) is 30.5 Å². The van der Waals surface area contributed by atoms with Crippen molar-refractivity contribution in [2.24, 2.45) is 5.92 Å². The van der Waals surface area contributed by atoms with Gasteiger partial charge in [0.2, 0.25) is 5.91 Å². The number of nitrogens with zero attached hydrogens (tertiary/aromatic N) is 6. The van der Waals surface area contributed by atoms with Crippen molar-refractivity contribution in [3.05, 3.63) is 41.3 Å². The van der Waals surface area contributed by atoms with E-state index in [4.69, 9.17) is 11.6 Å². The highest BCUT2D eigenvalue weighted by Gasteiger charge is 2.25. The van der Waals surface area contributed by atoms with Crippen molar-refractivity contribution in [2.75, 3.05) is 31.1 Å². The summed E-state index contributed by atoms with van der Waals surface area (Å²) in [6.45, 7) is 8.62. The van der Waals surface area contributed by atoms with Gasteiger partial charge in [-0.25, -0.2) is 14.6 Å². The molecule has 0 N–H and O–H groups in total. The number of para-hydroxylation sites is 1. The van der Waals surface area contributed by atoms with Crippen molar-refractivity contribution < 1.29 is 4.79 Å². The number of aromatic nitrogens is 4. The zero-order chi connectivity index (χ0) is 19.8. The van der Waals surface area contributed by atoms with Crippen LogP contribution >= 0.6 is 11.6 Å². The summed E-state index contributed by atoms with van der Waals surface area (Å²) >= 11 is 6.36. The Bertz CT molecular complexity index is 1020. The molecule has 0 radical (unpaired) electrons. The van der Waals surface area contributed by atoms with Crippen LogP contribution in [-0.2, 0) is 4.79 Å². The lowest BCUT2D eigenvalue weighted by Crippen LogP contribution is -2.50. The summed E-state index contributed by atoms with van der Waals surface area (Å²) < 4.78 is 1.76. The van der Waals surface area contributed by atoms with Gasteiger partial charge in [-0.1, -0.05) is 37.6 Å². The molecule has 7 nitrogen and oxygen atoms in total. The van der Waals surface area contributed by atoms with Crippen LogP contribution in [-0.4, -0.2) is 56.7 Å². The smallest absolute Gasteiger partial charge is 0.225 e. The van der Waals surface area contributed by atoms with Gasteiger partial charge in [0.05, 0.1) is 22.3 Å². The maximum atomic E-state index is 12.3. The number of rotatable bonds is 3. The van der Waals surface area contributed by atoms with Gasteiger partial charge in [-0.05, 0) is 19.1 Å². The molecule has 1 fully saturated rings. The quantitative estimate of drug-likeness (QED) is 0.678. The average Bonchev–Trinajstić information content (AvgIpc) is 3.10. The molecule has 146 valence electrons. The third-order valence-corrected chi connectivity index (χ3v) is 5.31. The molecule has 4 rings (SSSR count). The lowest BCUT2D eigenvalue weighted by Gasteiger charge is -2.36. The SMILES string of the molecule is Cc1nc(N2CCN(C(=O)C(C)C)CC2)c2cnn(-c3ccccc3Cl)c2n1. The zero-order valence-electron chi connectivity index (χ0n) is 16.3. The molecule has 1 aliphatic heterocycles. The van der Waals surface area contributed by atoms with Crippen LogP contribution in [0.3, 0.4) is 0 Å². The molecule has 0 unspecified atom stereocenters. The van der Waals surface area contributed by atoms with E-state index in [1.165, 1.54) is 0 Å². The van der Waals surface area contributed by atoms with Crippen LogP contribution in [0.4, 0.5) is 5.82 Å². The summed E-state index contributed by atoms with van der Waals surface area (Å²) in [7, 11) is 0. The van der Waals surface area contributed by atoms with E-state index in [1.54, 1.807) is 10.9 Å². The number of benzene rings is 1. The Morgan fingerprint density at radius 2 is 1.82 bits per heavy atom. The number of amides is 1. The van der Waals surface area contributed by atoms with Crippen molar-refractivity contribution in [2.45, 2.75) is 20.8 Å². The third-order valence-electron chi connectivity index (χ3n) is 4.99. The van der Waals surface area contributed by atoms with Crippen LogP contribution in [0.25, 0.3) is 16.7 Å². The molecular formula is C20H23ClN6O. The molecule has 3 aromatic rings. The topological polar surface area (TPSA) is 67.2 Å². The highest BCUT2D eigenvalue weighted by Crippen LogP contribution is 2.28. The molecule has 2 aromatic heterocycles. The number of hydrogen-bond donors (Lipinski definition) is 0. The number of aryl methyl sites for hydroxylation is 1. The van der Waals surface area contributed by atoms with Crippen molar-refractivity contribution in [1.82, 2.24) is 24.6 Å². The van der Waals surface area contributed by atoms with E-state index in [9.17, 15) is 4.79 Å². The average molecular weight is 399 g/mol. The molecule has 0 saturated carbocycles. The Kier molecular flexibility index (Phi) is 4.93. The van der Waals surface area contributed by atoms with Gasteiger partial charge in [0, 0.05) is 32.1 Å². The molecule has 0 bridgehead atoms. The first-order valence-electron chi connectivity index (χ1n) is 9.46. The van der Waals surface area contributed by atoms with Crippen molar-refractivity contribution in [1.29, 1.82) is 0 Å². The first-order chi connectivity index (χ1) is 13.5. The molecule has 0 atom stereocenters. The largest absolute Gasteiger partial charge is 0.352 e. The van der Waals surface area contributed by atoms with Gasteiger partial charge < -0.3 is 9.80 Å². The van der Waals surface area contributed by atoms with E-state index in [-0.39, 0.29) is 11.8 Å². The van der Waals surface area contributed by atoms with Gasteiger partial charge in [-0.15, -0.1) is 0 Å². The molecule has 1 aromatic carbocycles. The molecule has 1 saturated heterocycles. The highest BCUT2D eigenvalue weighted by molar-refractivity contribution is 6.32. The van der Waals surface area contributed by atoms with Crippen LogP contribution in [0.1, 0.15) is 19.7 Å². The van der Waals surface area contributed by atoms with Gasteiger partial charge in [-0.3, -0.25) is 4.79 Å². The lowest BCUT2D eigenvalue weighted by atomic mass is 10.1. The second kappa shape index (κ2) is 7.39. The second-order valence-corrected chi connectivity index (χ2v) is 7.71. The van der Waals surface area contributed by atoms with Crippen LogP contribution in [0.5, 0.6) is 0 Å². The number of carbonyl (C=O) groups is 1. The fourth-order valence-corrected chi connectivity index (χ4v) is 3.76. The predicted molar refractivity (Wildman–Crippen MR) is 110 cm³/mol. The number of carbonyl (C=O) groups excluding carboxylic acids is 1. The summed E-state index contributed by atoms with van der Waals surface area (Å²) in [6, 6.07) is 7.57. The van der Waals surface area contributed by atoms with Crippen molar-refractivity contribution >= 4 is 34.4 Å². The van der Waals surface area contributed by atoms with Gasteiger partial charge in [-0.2, -0.15) is 5.10 Å². The van der Waals surface area contributed by atoms with Gasteiger partial charge in [0.1, 0.15) is 11.6 Å². The molecule has 28 heavy (non-hydrogen) atoms. The Hall–Kier alpha value is -2.67. The zero-order valence-corrected chi connectivity index (χ0v) is 17.0. The third kappa shape index (κ3) is 3.30. The second-order valence-electron chi connectivity index (χ2n) is 7.31. The van der Waals surface area contributed by atoms with Crippen molar-refractivity contribution in [3.63, 3.8) is 0 Å². The number of piperazine rings is 1. The van der Waals surface area contributed by atoms with E-state index < -0.39 is 0 Å². The number of halogens is 1. The molecule has 3 heterocycles. The van der Waals surface area contributed by atoms with E-state index in [0.29, 0.717) is 23.9 Å². The first kappa shape index (κ1) is 18.7. The molecule has 0 aliphatic carbocycles. The van der Waals surface area contributed by atoms with E-state index >= 15 is 0 Å². The fraction of sp³-hybridized carbons (Fsp3) is 0.400. The van der Waals surface area contributed by atoms with Crippen LogP contribution < -0.4 is 4.90 Å². The van der Waals surface area contributed by atoms with Gasteiger partial charge >= 0.3 is 0 Å². The van der Waals surface area contributed by atoms with Gasteiger partial charge in [0.15, 0.2) is 5.65 Å². The minimum Gasteiger partial charge on any atom is -0.352 e. The maximum Gasteiger partial charge on any atom is 0.225 e. The van der Waals surface area contributed by atoms with Gasteiger partial charge in [0.25, 0.3) is 0 Å². The van der Waals surface area contributed by atoms with Crippen molar-refractivity contribution in [3.8, 4) is 5.69 Å². The normalized spacial score (nSPS) is 14.9. The first-order valence-corrected chi connectivity index (χ1v) is 9.84.